The fraction of sp³-hybridized carbons (Fsp3) is 0.120. The molecular weight excluding hydrogens is 428 g/mol. The zero-order valence-electron chi connectivity index (χ0n) is 17.7. The number of amides is 2. The molecule has 32 heavy (non-hydrogen) atoms. The standard InChI is InChI=1S/C25H23ClN2O4/c1-3-32-22-14-9-17(16-23(22)31-2)15-21(28-24(29)18-7-5-4-6-8-18)25(30)27-20-12-10-19(26)11-13-20/h4-16H,3H2,1-2H3,(H,27,30)(H,28,29). The minimum Gasteiger partial charge on any atom is -0.493 e. The Morgan fingerprint density at radius 3 is 2.34 bits per heavy atom. The predicted molar refractivity (Wildman–Crippen MR) is 126 cm³/mol. The van der Waals surface area contributed by atoms with E-state index in [4.69, 9.17) is 21.1 Å². The summed E-state index contributed by atoms with van der Waals surface area (Å²) in [5, 5.41) is 6.03. The van der Waals surface area contributed by atoms with Crippen molar-refractivity contribution in [2.24, 2.45) is 0 Å². The van der Waals surface area contributed by atoms with Crippen molar-refractivity contribution < 1.29 is 19.1 Å². The number of carbonyl (C=O) groups is 2. The van der Waals surface area contributed by atoms with E-state index in [2.05, 4.69) is 10.6 Å². The topological polar surface area (TPSA) is 76.7 Å². The minimum atomic E-state index is -0.482. The maximum absolute atomic E-state index is 13.0. The van der Waals surface area contributed by atoms with E-state index in [1.165, 1.54) is 7.11 Å². The number of benzene rings is 3. The lowest BCUT2D eigenvalue weighted by molar-refractivity contribution is -0.113. The van der Waals surface area contributed by atoms with E-state index in [1.54, 1.807) is 72.8 Å². The molecule has 0 atom stereocenters. The highest BCUT2D eigenvalue weighted by Gasteiger charge is 2.16. The van der Waals surface area contributed by atoms with E-state index in [0.717, 1.165) is 0 Å². The summed E-state index contributed by atoms with van der Waals surface area (Å²) in [5.74, 6) is 0.227. The summed E-state index contributed by atoms with van der Waals surface area (Å²) >= 11 is 5.92. The normalized spacial score (nSPS) is 10.9. The third-order valence-corrected chi connectivity index (χ3v) is 4.68. The molecule has 164 valence electrons. The van der Waals surface area contributed by atoms with E-state index in [9.17, 15) is 9.59 Å². The van der Waals surface area contributed by atoms with Gasteiger partial charge in [0, 0.05) is 16.3 Å². The number of rotatable bonds is 8. The van der Waals surface area contributed by atoms with E-state index in [1.807, 2.05) is 13.0 Å². The molecule has 2 amide bonds. The fourth-order valence-corrected chi connectivity index (χ4v) is 3.02. The highest BCUT2D eigenvalue weighted by molar-refractivity contribution is 6.30. The van der Waals surface area contributed by atoms with Crippen molar-refractivity contribution in [3.8, 4) is 11.5 Å². The van der Waals surface area contributed by atoms with Gasteiger partial charge >= 0.3 is 0 Å². The predicted octanol–water partition coefficient (Wildman–Crippen LogP) is 5.16. The Bertz CT molecular complexity index is 1110. The molecule has 0 saturated heterocycles. The van der Waals surface area contributed by atoms with Gasteiger partial charge in [0.25, 0.3) is 11.8 Å². The molecule has 0 aliphatic carbocycles. The van der Waals surface area contributed by atoms with Crippen LogP contribution < -0.4 is 20.1 Å². The average molecular weight is 451 g/mol. The van der Waals surface area contributed by atoms with Crippen LogP contribution in [0.5, 0.6) is 11.5 Å². The summed E-state index contributed by atoms with van der Waals surface area (Å²) in [6.45, 7) is 2.37. The second-order valence-corrected chi connectivity index (χ2v) is 7.12. The Labute approximate surface area is 191 Å². The summed E-state index contributed by atoms with van der Waals surface area (Å²) in [6, 6.07) is 20.6. The van der Waals surface area contributed by atoms with Crippen LogP contribution in [-0.2, 0) is 4.79 Å². The quantitative estimate of drug-likeness (QED) is 0.465. The van der Waals surface area contributed by atoms with Gasteiger partial charge in [-0.2, -0.15) is 0 Å². The van der Waals surface area contributed by atoms with Gasteiger partial charge in [0.1, 0.15) is 5.70 Å². The van der Waals surface area contributed by atoms with Gasteiger partial charge < -0.3 is 20.1 Å². The molecule has 0 fully saturated rings. The molecule has 3 rings (SSSR count). The second-order valence-electron chi connectivity index (χ2n) is 6.68. The van der Waals surface area contributed by atoms with Crippen LogP contribution in [-0.4, -0.2) is 25.5 Å². The molecule has 0 spiro atoms. The summed E-state index contributed by atoms with van der Waals surface area (Å²) in [7, 11) is 1.54. The van der Waals surface area contributed by atoms with Gasteiger partial charge in [-0.15, -0.1) is 0 Å². The van der Waals surface area contributed by atoms with Crippen LogP contribution in [0.3, 0.4) is 0 Å². The lowest BCUT2D eigenvalue weighted by Crippen LogP contribution is -2.30. The first-order valence-corrected chi connectivity index (χ1v) is 10.3. The highest BCUT2D eigenvalue weighted by Crippen LogP contribution is 2.29. The molecule has 0 bridgehead atoms. The molecule has 0 aliphatic heterocycles. The van der Waals surface area contributed by atoms with Gasteiger partial charge in [-0.25, -0.2) is 0 Å². The van der Waals surface area contributed by atoms with Gasteiger partial charge in [0.2, 0.25) is 0 Å². The van der Waals surface area contributed by atoms with Gasteiger partial charge in [0.05, 0.1) is 13.7 Å². The number of hydrogen-bond donors (Lipinski definition) is 2. The Hall–Kier alpha value is -3.77. The van der Waals surface area contributed by atoms with Crippen molar-refractivity contribution in [1.29, 1.82) is 0 Å². The lowest BCUT2D eigenvalue weighted by Gasteiger charge is -2.13. The maximum Gasteiger partial charge on any atom is 0.272 e. The van der Waals surface area contributed by atoms with Gasteiger partial charge in [0.15, 0.2) is 11.5 Å². The van der Waals surface area contributed by atoms with Crippen LogP contribution >= 0.6 is 11.6 Å². The first kappa shape index (κ1) is 22.9. The molecular formula is C25H23ClN2O4. The van der Waals surface area contributed by atoms with E-state index < -0.39 is 11.8 Å². The number of carbonyl (C=O) groups excluding carboxylic acids is 2. The number of methoxy groups -OCH3 is 1. The summed E-state index contributed by atoms with van der Waals surface area (Å²) in [5.41, 5.74) is 1.70. The molecule has 3 aromatic carbocycles. The fourth-order valence-electron chi connectivity index (χ4n) is 2.89. The Kier molecular flexibility index (Phi) is 7.89. The van der Waals surface area contributed by atoms with E-state index in [-0.39, 0.29) is 5.70 Å². The van der Waals surface area contributed by atoms with E-state index in [0.29, 0.717) is 39.9 Å². The van der Waals surface area contributed by atoms with Crippen molar-refractivity contribution in [1.82, 2.24) is 5.32 Å². The highest BCUT2D eigenvalue weighted by atomic mass is 35.5. The minimum absolute atomic E-state index is 0.0695. The number of anilines is 1. The zero-order chi connectivity index (χ0) is 22.9. The van der Waals surface area contributed by atoms with Crippen LogP contribution in [0.25, 0.3) is 6.08 Å². The summed E-state index contributed by atoms with van der Waals surface area (Å²) in [4.78, 5) is 25.7. The Morgan fingerprint density at radius 2 is 1.69 bits per heavy atom. The number of nitrogens with one attached hydrogen (secondary N) is 2. The van der Waals surface area contributed by atoms with Crippen molar-refractivity contribution in [2.45, 2.75) is 6.92 Å². The van der Waals surface area contributed by atoms with Gasteiger partial charge in [-0.3, -0.25) is 9.59 Å². The number of halogens is 1. The van der Waals surface area contributed by atoms with Crippen molar-refractivity contribution >= 4 is 35.2 Å². The van der Waals surface area contributed by atoms with Crippen LogP contribution in [0.1, 0.15) is 22.8 Å². The number of ether oxygens (including phenoxy) is 2. The smallest absolute Gasteiger partial charge is 0.272 e. The number of hydrogen-bond acceptors (Lipinski definition) is 4. The van der Waals surface area contributed by atoms with Crippen LogP contribution in [0.15, 0.2) is 78.5 Å². The van der Waals surface area contributed by atoms with Crippen LogP contribution in [0, 0.1) is 0 Å². The van der Waals surface area contributed by atoms with Crippen molar-refractivity contribution in [2.75, 3.05) is 19.0 Å². The monoisotopic (exact) mass is 450 g/mol. The molecule has 0 saturated carbocycles. The Balaban J connectivity index is 1.92. The molecule has 3 aromatic rings. The molecule has 6 nitrogen and oxygen atoms in total. The first-order chi connectivity index (χ1) is 15.5. The van der Waals surface area contributed by atoms with Crippen LogP contribution in [0.4, 0.5) is 5.69 Å². The first-order valence-electron chi connectivity index (χ1n) is 9.96. The molecule has 7 heteroatoms. The SMILES string of the molecule is CCOc1ccc(C=C(NC(=O)c2ccccc2)C(=O)Nc2ccc(Cl)cc2)cc1OC. The molecule has 0 radical (unpaired) electrons. The average Bonchev–Trinajstić information content (AvgIpc) is 2.81. The maximum atomic E-state index is 13.0. The molecule has 2 N–H and O–H groups in total. The molecule has 0 heterocycles. The Morgan fingerprint density at radius 1 is 0.969 bits per heavy atom. The second kappa shape index (κ2) is 11.0. The third-order valence-electron chi connectivity index (χ3n) is 4.43. The molecule has 0 unspecified atom stereocenters. The zero-order valence-corrected chi connectivity index (χ0v) is 18.5. The van der Waals surface area contributed by atoms with Gasteiger partial charge in [-0.05, 0) is 67.1 Å². The van der Waals surface area contributed by atoms with Crippen molar-refractivity contribution in [3.05, 3.63) is 94.6 Å². The summed E-state index contributed by atoms with van der Waals surface area (Å²) < 4.78 is 10.9. The van der Waals surface area contributed by atoms with E-state index >= 15 is 0 Å². The molecule has 0 aliphatic rings. The largest absolute Gasteiger partial charge is 0.493 e. The lowest BCUT2D eigenvalue weighted by atomic mass is 10.1. The summed E-state index contributed by atoms with van der Waals surface area (Å²) in [6.07, 6.45) is 1.57. The van der Waals surface area contributed by atoms with Gasteiger partial charge in [-0.1, -0.05) is 35.9 Å². The van der Waals surface area contributed by atoms with Crippen molar-refractivity contribution in [3.63, 3.8) is 0 Å². The molecule has 0 aromatic heterocycles. The third kappa shape index (κ3) is 6.12. The van der Waals surface area contributed by atoms with Crippen LogP contribution in [0.2, 0.25) is 5.02 Å².